The van der Waals surface area contributed by atoms with Crippen LogP contribution in [-0.2, 0) is 11.2 Å². The van der Waals surface area contributed by atoms with Crippen molar-refractivity contribution in [1.29, 1.82) is 0 Å². The first-order valence-corrected chi connectivity index (χ1v) is 9.12. The SMILES string of the molecule is COCOc1cc2c(cc1N)[C@H](NCCc1ccccc1)[C@@H](O)C(C)(C)O2. The Kier molecular flexibility index (Phi) is 5.89. The van der Waals surface area contributed by atoms with Gasteiger partial charge in [0.2, 0.25) is 0 Å². The molecule has 0 bridgehead atoms. The number of methoxy groups -OCH3 is 1. The quantitative estimate of drug-likeness (QED) is 0.512. The zero-order valence-corrected chi connectivity index (χ0v) is 16.1. The molecule has 2 atom stereocenters. The average molecular weight is 372 g/mol. The Hall–Kier alpha value is -2.28. The molecule has 27 heavy (non-hydrogen) atoms. The number of ether oxygens (including phenoxy) is 3. The lowest BCUT2D eigenvalue weighted by Gasteiger charge is -2.42. The van der Waals surface area contributed by atoms with E-state index >= 15 is 0 Å². The summed E-state index contributed by atoms with van der Waals surface area (Å²) in [4.78, 5) is 0. The van der Waals surface area contributed by atoms with Crippen LogP contribution in [0.1, 0.15) is 31.0 Å². The summed E-state index contributed by atoms with van der Waals surface area (Å²) in [6, 6.07) is 13.5. The lowest BCUT2D eigenvalue weighted by atomic mass is 9.86. The summed E-state index contributed by atoms with van der Waals surface area (Å²) in [5, 5.41) is 14.3. The van der Waals surface area contributed by atoms with Crippen LogP contribution in [0.3, 0.4) is 0 Å². The fraction of sp³-hybridized carbons (Fsp3) is 0.429. The molecule has 146 valence electrons. The van der Waals surface area contributed by atoms with Crippen LogP contribution >= 0.6 is 0 Å². The molecule has 0 saturated heterocycles. The minimum Gasteiger partial charge on any atom is -0.485 e. The number of benzene rings is 2. The zero-order chi connectivity index (χ0) is 19.4. The first kappa shape index (κ1) is 19.5. The molecule has 0 fully saturated rings. The second-order valence-electron chi connectivity index (χ2n) is 7.30. The molecule has 2 aromatic rings. The number of nitrogens with two attached hydrogens (primary N) is 1. The van der Waals surface area contributed by atoms with E-state index < -0.39 is 11.7 Å². The van der Waals surface area contributed by atoms with Crippen molar-refractivity contribution < 1.29 is 19.3 Å². The molecule has 0 radical (unpaired) electrons. The third-order valence-corrected chi connectivity index (χ3v) is 4.83. The third-order valence-electron chi connectivity index (χ3n) is 4.83. The summed E-state index contributed by atoms with van der Waals surface area (Å²) in [5.41, 5.74) is 7.95. The highest BCUT2D eigenvalue weighted by Crippen LogP contribution is 2.43. The molecule has 0 amide bonds. The molecular formula is C21H28N2O4. The summed E-state index contributed by atoms with van der Waals surface area (Å²) in [7, 11) is 1.55. The Morgan fingerprint density at radius 3 is 2.67 bits per heavy atom. The highest BCUT2D eigenvalue weighted by Gasteiger charge is 2.43. The number of nitrogens with one attached hydrogen (secondary N) is 1. The highest BCUT2D eigenvalue weighted by atomic mass is 16.7. The number of aliphatic hydroxyl groups excluding tert-OH is 1. The molecule has 1 aliphatic rings. The maximum absolute atomic E-state index is 10.9. The van der Waals surface area contributed by atoms with Crippen LogP contribution in [-0.4, -0.2) is 37.3 Å². The van der Waals surface area contributed by atoms with E-state index in [1.807, 2.05) is 32.0 Å². The van der Waals surface area contributed by atoms with Gasteiger partial charge in [-0.25, -0.2) is 0 Å². The molecule has 3 rings (SSSR count). The maximum atomic E-state index is 10.9. The van der Waals surface area contributed by atoms with Gasteiger partial charge in [-0.1, -0.05) is 30.3 Å². The molecule has 6 nitrogen and oxygen atoms in total. The van der Waals surface area contributed by atoms with Crippen molar-refractivity contribution >= 4 is 5.69 Å². The standard InChI is InChI=1S/C21H28N2O4/c1-21(2)20(24)19(23-10-9-14-7-5-4-6-8-14)15-11-16(22)18(26-13-25-3)12-17(15)27-21/h4-8,11-12,19-20,23-24H,9-10,13,22H2,1-3H3/t19-,20+/m0/s1. The van der Waals surface area contributed by atoms with Crippen molar-refractivity contribution in [2.24, 2.45) is 0 Å². The van der Waals surface area contributed by atoms with E-state index in [4.69, 9.17) is 19.9 Å². The van der Waals surface area contributed by atoms with E-state index in [9.17, 15) is 5.11 Å². The van der Waals surface area contributed by atoms with Crippen LogP contribution in [0.5, 0.6) is 11.5 Å². The normalized spacial score (nSPS) is 20.6. The van der Waals surface area contributed by atoms with Crippen LogP contribution in [0, 0.1) is 0 Å². The summed E-state index contributed by atoms with van der Waals surface area (Å²) in [5.74, 6) is 1.16. The molecule has 1 heterocycles. The number of nitrogen functional groups attached to an aromatic ring is 1. The summed E-state index contributed by atoms with van der Waals surface area (Å²) < 4.78 is 16.5. The fourth-order valence-electron chi connectivity index (χ4n) is 3.33. The predicted octanol–water partition coefficient (Wildman–Crippen LogP) is 2.66. The smallest absolute Gasteiger partial charge is 0.188 e. The van der Waals surface area contributed by atoms with Crippen molar-refractivity contribution in [3.05, 3.63) is 53.6 Å². The van der Waals surface area contributed by atoms with Gasteiger partial charge in [-0.15, -0.1) is 0 Å². The third kappa shape index (κ3) is 4.35. The van der Waals surface area contributed by atoms with Crippen molar-refractivity contribution in [1.82, 2.24) is 5.32 Å². The Morgan fingerprint density at radius 1 is 1.22 bits per heavy atom. The van der Waals surface area contributed by atoms with Crippen molar-refractivity contribution in [3.8, 4) is 11.5 Å². The van der Waals surface area contributed by atoms with Crippen LogP contribution in [0.15, 0.2) is 42.5 Å². The first-order chi connectivity index (χ1) is 12.9. The van der Waals surface area contributed by atoms with Crippen LogP contribution in [0.25, 0.3) is 0 Å². The molecule has 0 aromatic heterocycles. The molecule has 1 aliphatic heterocycles. The number of fused-ring (bicyclic) bond motifs is 1. The monoisotopic (exact) mass is 372 g/mol. The van der Waals surface area contributed by atoms with Gasteiger partial charge in [-0.05, 0) is 38.4 Å². The van der Waals surface area contributed by atoms with Gasteiger partial charge in [0.15, 0.2) is 6.79 Å². The number of anilines is 1. The van der Waals surface area contributed by atoms with Gasteiger partial charge in [0.05, 0.1) is 11.7 Å². The molecule has 6 heteroatoms. The number of hydrogen-bond donors (Lipinski definition) is 3. The number of hydrogen-bond acceptors (Lipinski definition) is 6. The zero-order valence-electron chi connectivity index (χ0n) is 16.1. The lowest BCUT2D eigenvalue weighted by Crippen LogP contribution is -2.52. The average Bonchev–Trinajstić information content (AvgIpc) is 2.65. The number of rotatable bonds is 7. The minimum atomic E-state index is -0.744. The topological polar surface area (TPSA) is 86.0 Å². The van der Waals surface area contributed by atoms with E-state index in [-0.39, 0.29) is 12.8 Å². The maximum Gasteiger partial charge on any atom is 0.188 e. The van der Waals surface area contributed by atoms with Crippen LogP contribution < -0.4 is 20.5 Å². The van der Waals surface area contributed by atoms with Gasteiger partial charge in [-0.2, -0.15) is 0 Å². The van der Waals surface area contributed by atoms with Gasteiger partial charge in [0, 0.05) is 18.7 Å². The molecule has 4 N–H and O–H groups in total. The fourth-order valence-corrected chi connectivity index (χ4v) is 3.33. The largest absolute Gasteiger partial charge is 0.485 e. The Morgan fingerprint density at radius 2 is 1.96 bits per heavy atom. The highest BCUT2D eigenvalue weighted by molar-refractivity contribution is 5.61. The van der Waals surface area contributed by atoms with Crippen molar-refractivity contribution in [2.75, 3.05) is 26.2 Å². The van der Waals surface area contributed by atoms with Gasteiger partial charge in [0.1, 0.15) is 23.2 Å². The van der Waals surface area contributed by atoms with E-state index in [1.54, 1.807) is 19.2 Å². The second-order valence-corrected chi connectivity index (χ2v) is 7.30. The molecular weight excluding hydrogens is 344 g/mol. The summed E-state index contributed by atoms with van der Waals surface area (Å²) in [6.45, 7) is 4.58. The first-order valence-electron chi connectivity index (χ1n) is 9.12. The Labute approximate surface area is 160 Å². The molecule has 2 aromatic carbocycles. The molecule has 0 saturated carbocycles. The van der Waals surface area contributed by atoms with Gasteiger partial charge < -0.3 is 30.4 Å². The van der Waals surface area contributed by atoms with Crippen molar-refractivity contribution in [2.45, 2.75) is 38.0 Å². The second kappa shape index (κ2) is 8.17. The van der Waals surface area contributed by atoms with Gasteiger partial charge in [-0.3, -0.25) is 0 Å². The van der Waals surface area contributed by atoms with E-state index in [0.717, 1.165) is 18.5 Å². The summed E-state index contributed by atoms with van der Waals surface area (Å²) >= 11 is 0. The van der Waals surface area contributed by atoms with Crippen LogP contribution in [0.4, 0.5) is 5.69 Å². The number of aliphatic hydroxyl groups is 1. The molecule has 0 aliphatic carbocycles. The summed E-state index contributed by atoms with van der Waals surface area (Å²) in [6.07, 6.45) is 0.150. The molecule has 0 unspecified atom stereocenters. The van der Waals surface area contributed by atoms with Crippen LogP contribution in [0.2, 0.25) is 0 Å². The van der Waals surface area contributed by atoms with Gasteiger partial charge >= 0.3 is 0 Å². The van der Waals surface area contributed by atoms with E-state index in [1.165, 1.54) is 5.56 Å². The Balaban J connectivity index is 1.81. The van der Waals surface area contributed by atoms with E-state index in [2.05, 4.69) is 17.4 Å². The predicted molar refractivity (Wildman–Crippen MR) is 105 cm³/mol. The van der Waals surface area contributed by atoms with Crippen molar-refractivity contribution in [3.63, 3.8) is 0 Å². The lowest BCUT2D eigenvalue weighted by molar-refractivity contribution is -0.0646. The Bertz CT molecular complexity index is 764. The van der Waals surface area contributed by atoms with E-state index in [0.29, 0.717) is 17.2 Å². The van der Waals surface area contributed by atoms with Gasteiger partial charge in [0.25, 0.3) is 0 Å². The minimum absolute atomic E-state index is 0.105. The molecule has 0 spiro atoms.